The molecule has 0 aromatic heterocycles. The molecule has 2 aromatic rings. The van der Waals surface area contributed by atoms with Crippen LogP contribution in [0.15, 0.2) is 85.2 Å². The molecule has 156 valence electrons. The van der Waals surface area contributed by atoms with E-state index in [1.165, 1.54) is 7.11 Å². The molecule has 2 rings (SSSR count). The van der Waals surface area contributed by atoms with Crippen LogP contribution in [0.3, 0.4) is 0 Å². The normalized spacial score (nSPS) is 11.1. The lowest BCUT2D eigenvalue weighted by atomic mass is 10.1. The number of methoxy groups -OCH3 is 2. The van der Waals surface area contributed by atoms with Gasteiger partial charge in [-0.15, -0.1) is 0 Å². The molecule has 2 aromatic carbocycles. The first kappa shape index (κ1) is 22.6. The van der Waals surface area contributed by atoms with Gasteiger partial charge in [-0.05, 0) is 49.8 Å². The predicted octanol–water partition coefficient (Wildman–Crippen LogP) is 5.98. The van der Waals surface area contributed by atoms with Crippen molar-refractivity contribution in [1.82, 2.24) is 0 Å². The molecule has 5 heteroatoms. The maximum absolute atomic E-state index is 12.8. The highest BCUT2D eigenvalue weighted by molar-refractivity contribution is 6.05. The zero-order valence-corrected chi connectivity index (χ0v) is 17.8. The number of ether oxygens (including phenoxy) is 3. The van der Waals surface area contributed by atoms with E-state index in [2.05, 4.69) is 18.5 Å². The Labute approximate surface area is 178 Å². The van der Waals surface area contributed by atoms with E-state index in [1.54, 1.807) is 43.5 Å². The lowest BCUT2D eigenvalue weighted by Crippen LogP contribution is -2.13. The molecule has 0 saturated carbocycles. The summed E-state index contributed by atoms with van der Waals surface area (Å²) < 4.78 is 16.4. The van der Waals surface area contributed by atoms with E-state index < -0.39 is 0 Å². The van der Waals surface area contributed by atoms with Gasteiger partial charge in [0.2, 0.25) is 0 Å². The van der Waals surface area contributed by atoms with Crippen molar-refractivity contribution >= 4 is 17.4 Å². The van der Waals surface area contributed by atoms with Gasteiger partial charge in [-0.1, -0.05) is 37.4 Å². The van der Waals surface area contributed by atoms with Crippen molar-refractivity contribution in [3.05, 3.63) is 96.3 Å². The van der Waals surface area contributed by atoms with E-state index in [4.69, 9.17) is 14.2 Å². The molecule has 0 heterocycles. The second-order valence-corrected chi connectivity index (χ2v) is 6.46. The Morgan fingerprint density at radius 2 is 1.77 bits per heavy atom. The lowest BCUT2D eigenvalue weighted by Gasteiger charge is -2.14. The van der Waals surface area contributed by atoms with Gasteiger partial charge in [-0.25, -0.2) is 0 Å². The van der Waals surface area contributed by atoms with Gasteiger partial charge < -0.3 is 19.5 Å². The highest BCUT2D eigenvalue weighted by Gasteiger charge is 2.13. The van der Waals surface area contributed by atoms with Crippen LogP contribution in [0.25, 0.3) is 5.76 Å². The number of amides is 1. The van der Waals surface area contributed by atoms with Gasteiger partial charge in [0, 0.05) is 17.2 Å². The molecular formula is C25H27NO4. The first-order valence-electron chi connectivity index (χ1n) is 9.39. The zero-order valence-electron chi connectivity index (χ0n) is 17.8. The molecule has 1 amide bonds. The molecule has 0 fully saturated rings. The summed E-state index contributed by atoms with van der Waals surface area (Å²) >= 11 is 0. The molecule has 0 bridgehead atoms. The Morgan fingerprint density at radius 1 is 1.03 bits per heavy atom. The molecule has 0 aliphatic rings. The average molecular weight is 405 g/mol. The van der Waals surface area contributed by atoms with Crippen molar-refractivity contribution in [2.75, 3.05) is 19.5 Å². The maximum atomic E-state index is 12.8. The van der Waals surface area contributed by atoms with E-state index in [-0.39, 0.29) is 5.91 Å². The van der Waals surface area contributed by atoms with Crippen LogP contribution >= 0.6 is 0 Å². The number of carbonyl (C=O) groups excluding carboxylic acids is 1. The third-order valence-electron chi connectivity index (χ3n) is 4.20. The van der Waals surface area contributed by atoms with E-state index in [1.807, 2.05) is 38.1 Å². The first-order valence-corrected chi connectivity index (χ1v) is 9.39. The minimum Gasteiger partial charge on any atom is -0.497 e. The minimum atomic E-state index is -0.280. The summed E-state index contributed by atoms with van der Waals surface area (Å²) in [5, 5.41) is 2.86. The molecule has 0 spiro atoms. The van der Waals surface area contributed by atoms with Gasteiger partial charge >= 0.3 is 0 Å². The Kier molecular flexibility index (Phi) is 8.06. The largest absolute Gasteiger partial charge is 0.497 e. The summed E-state index contributed by atoms with van der Waals surface area (Å²) in [7, 11) is 3.10. The quantitative estimate of drug-likeness (QED) is 0.412. The second-order valence-electron chi connectivity index (χ2n) is 6.46. The second kappa shape index (κ2) is 10.7. The number of nitrogens with one attached hydrogen (secondary N) is 1. The zero-order chi connectivity index (χ0) is 22.1. The highest BCUT2D eigenvalue weighted by atomic mass is 16.5. The van der Waals surface area contributed by atoms with Crippen LogP contribution in [0.4, 0.5) is 5.69 Å². The van der Waals surface area contributed by atoms with E-state index in [0.717, 1.165) is 5.57 Å². The Bertz CT molecular complexity index is 1000. The monoisotopic (exact) mass is 405 g/mol. The summed E-state index contributed by atoms with van der Waals surface area (Å²) in [4.78, 5) is 12.8. The summed E-state index contributed by atoms with van der Waals surface area (Å²) in [6, 6.07) is 12.2. The van der Waals surface area contributed by atoms with Crippen LogP contribution in [-0.4, -0.2) is 20.1 Å². The van der Waals surface area contributed by atoms with E-state index in [0.29, 0.717) is 39.8 Å². The number of hydrogen-bond donors (Lipinski definition) is 1. The fraction of sp³-hybridized carbons (Fsp3) is 0.160. The third-order valence-corrected chi connectivity index (χ3v) is 4.20. The Balaban J connectivity index is 2.21. The summed E-state index contributed by atoms with van der Waals surface area (Å²) in [6.07, 6.45) is 5.58. The molecule has 30 heavy (non-hydrogen) atoms. The van der Waals surface area contributed by atoms with Crippen LogP contribution in [0, 0.1) is 0 Å². The Morgan fingerprint density at radius 3 is 2.40 bits per heavy atom. The summed E-state index contributed by atoms with van der Waals surface area (Å²) in [6.45, 7) is 11.7. The van der Waals surface area contributed by atoms with Gasteiger partial charge in [-0.3, -0.25) is 4.79 Å². The molecule has 0 atom stereocenters. The molecule has 0 aliphatic heterocycles. The molecule has 0 radical (unpaired) electrons. The van der Waals surface area contributed by atoms with Crippen molar-refractivity contribution in [3.63, 3.8) is 0 Å². The van der Waals surface area contributed by atoms with Crippen LogP contribution in [0.2, 0.25) is 0 Å². The molecule has 0 aliphatic carbocycles. The van der Waals surface area contributed by atoms with Gasteiger partial charge in [0.1, 0.15) is 23.0 Å². The van der Waals surface area contributed by atoms with Gasteiger partial charge in [-0.2, -0.15) is 0 Å². The smallest absolute Gasteiger partial charge is 0.255 e. The fourth-order valence-corrected chi connectivity index (χ4v) is 2.57. The van der Waals surface area contributed by atoms with Gasteiger partial charge in [0.15, 0.2) is 0 Å². The predicted molar refractivity (Wildman–Crippen MR) is 122 cm³/mol. The van der Waals surface area contributed by atoms with Crippen LogP contribution < -0.4 is 14.8 Å². The van der Waals surface area contributed by atoms with Crippen molar-refractivity contribution in [1.29, 1.82) is 0 Å². The number of benzene rings is 2. The van der Waals surface area contributed by atoms with Gasteiger partial charge in [0.25, 0.3) is 5.91 Å². The first-order chi connectivity index (χ1) is 14.4. The lowest BCUT2D eigenvalue weighted by molar-refractivity contribution is 0.102. The molecule has 0 saturated heterocycles. The maximum Gasteiger partial charge on any atom is 0.255 e. The standard InChI is InChI=1S/C25H27NO4/c1-7-8-12-23(17(2)3)30-18(4)19-10-9-11-20(15-19)25(27)26-22-14-13-21(28-5)16-24(22)29-6/h7-16H,2,4H2,1,3,5-6H3,(H,26,27)/b8-7-,23-12+. The minimum absolute atomic E-state index is 0.280. The number of hydrogen-bond acceptors (Lipinski definition) is 4. The van der Waals surface area contributed by atoms with Crippen molar-refractivity contribution < 1.29 is 19.0 Å². The number of allylic oxidation sites excluding steroid dienone is 4. The van der Waals surface area contributed by atoms with Crippen molar-refractivity contribution in [2.45, 2.75) is 13.8 Å². The number of carbonyl (C=O) groups is 1. The molecule has 0 unspecified atom stereocenters. The highest BCUT2D eigenvalue weighted by Crippen LogP contribution is 2.29. The van der Waals surface area contributed by atoms with Crippen LogP contribution in [0.5, 0.6) is 11.5 Å². The van der Waals surface area contributed by atoms with Crippen molar-refractivity contribution in [3.8, 4) is 11.5 Å². The van der Waals surface area contributed by atoms with Crippen LogP contribution in [0.1, 0.15) is 29.8 Å². The molecular weight excluding hydrogens is 378 g/mol. The summed E-state index contributed by atoms with van der Waals surface area (Å²) in [5.74, 6) is 1.89. The molecule has 5 nitrogen and oxygen atoms in total. The number of anilines is 1. The molecule has 1 N–H and O–H groups in total. The van der Waals surface area contributed by atoms with Crippen molar-refractivity contribution in [2.24, 2.45) is 0 Å². The Hall–Kier alpha value is -3.73. The topological polar surface area (TPSA) is 56.8 Å². The fourth-order valence-electron chi connectivity index (χ4n) is 2.57. The summed E-state index contributed by atoms with van der Waals surface area (Å²) in [5.41, 5.74) is 2.47. The van der Waals surface area contributed by atoms with Gasteiger partial charge in [0.05, 0.1) is 19.9 Å². The van der Waals surface area contributed by atoms with E-state index in [9.17, 15) is 4.79 Å². The average Bonchev–Trinajstić information content (AvgIpc) is 2.76. The van der Waals surface area contributed by atoms with Crippen LogP contribution in [-0.2, 0) is 4.74 Å². The number of rotatable bonds is 9. The third kappa shape index (κ3) is 5.88. The SMILES string of the molecule is C=C(C)/C(=C\C=C/C)OC(=C)c1cccc(C(=O)Nc2ccc(OC)cc2OC)c1. The van der Waals surface area contributed by atoms with E-state index >= 15 is 0 Å².